The lowest BCUT2D eigenvalue weighted by Gasteiger charge is -2.02. The van der Waals surface area contributed by atoms with Crippen LogP contribution in [0.4, 0.5) is 0 Å². The Morgan fingerprint density at radius 2 is 1.57 bits per heavy atom. The van der Waals surface area contributed by atoms with Gasteiger partial charge in [-0.1, -0.05) is 48.0 Å². The maximum Gasteiger partial charge on any atom is 0.138 e. The van der Waals surface area contributed by atoms with E-state index in [0.29, 0.717) is 0 Å². The highest BCUT2D eigenvalue weighted by Crippen LogP contribution is 2.33. The summed E-state index contributed by atoms with van der Waals surface area (Å²) in [6, 6.07) is 20.5. The van der Waals surface area contributed by atoms with Crippen molar-refractivity contribution in [1.29, 1.82) is 0 Å². The summed E-state index contributed by atoms with van der Waals surface area (Å²) in [7, 11) is 0. The highest BCUT2D eigenvalue weighted by atomic mass is 35.5. The molecule has 1 heterocycles. The molecule has 0 saturated heterocycles. The third-order valence-electron chi connectivity index (χ3n) is 3.87. The van der Waals surface area contributed by atoms with Crippen LogP contribution in [0, 0.1) is 6.92 Å². The molecule has 0 bridgehead atoms. The molecule has 3 aromatic carbocycles. The van der Waals surface area contributed by atoms with E-state index < -0.39 is 0 Å². The number of hydrogen-bond acceptors (Lipinski definition) is 1. The molecule has 0 N–H and O–H groups in total. The number of para-hydroxylation sites is 1. The monoisotopic (exact) mass is 292 g/mol. The second-order valence-electron chi connectivity index (χ2n) is 5.27. The Kier molecular flexibility index (Phi) is 2.76. The average Bonchev–Trinajstić information content (AvgIpc) is 2.87. The van der Waals surface area contributed by atoms with Gasteiger partial charge in [0.05, 0.1) is 0 Å². The molecule has 0 amide bonds. The van der Waals surface area contributed by atoms with Crippen molar-refractivity contribution in [1.82, 2.24) is 0 Å². The van der Waals surface area contributed by atoms with Gasteiger partial charge >= 0.3 is 0 Å². The molecule has 0 spiro atoms. The van der Waals surface area contributed by atoms with Crippen molar-refractivity contribution >= 4 is 33.5 Å². The lowest BCUT2D eigenvalue weighted by molar-refractivity contribution is 0.666. The van der Waals surface area contributed by atoms with Crippen LogP contribution in [0.1, 0.15) is 5.56 Å². The predicted octanol–water partition coefficient (Wildman–Crippen LogP) is 6.21. The van der Waals surface area contributed by atoms with Gasteiger partial charge in [0.2, 0.25) is 0 Å². The molecular formula is C19H13ClO. The minimum atomic E-state index is 0.754. The lowest BCUT2D eigenvalue weighted by atomic mass is 10.0. The zero-order chi connectivity index (χ0) is 14.4. The topological polar surface area (TPSA) is 13.1 Å². The van der Waals surface area contributed by atoms with E-state index in [0.717, 1.165) is 32.7 Å². The highest BCUT2D eigenvalue weighted by molar-refractivity contribution is 6.30. The van der Waals surface area contributed by atoms with E-state index in [1.54, 1.807) is 0 Å². The molecule has 21 heavy (non-hydrogen) atoms. The van der Waals surface area contributed by atoms with Crippen molar-refractivity contribution in [2.45, 2.75) is 6.92 Å². The van der Waals surface area contributed by atoms with Gasteiger partial charge in [0.15, 0.2) is 0 Å². The Balaban J connectivity index is 1.99. The van der Waals surface area contributed by atoms with E-state index in [1.165, 1.54) is 10.9 Å². The molecule has 4 aromatic rings. The zero-order valence-corrected chi connectivity index (χ0v) is 12.3. The highest BCUT2D eigenvalue weighted by Gasteiger charge is 2.09. The summed E-state index contributed by atoms with van der Waals surface area (Å²) in [6.45, 7) is 2.07. The third kappa shape index (κ3) is 2.01. The fraction of sp³-hybridized carbons (Fsp3) is 0.0526. The van der Waals surface area contributed by atoms with Gasteiger partial charge in [-0.05, 0) is 47.9 Å². The van der Waals surface area contributed by atoms with Crippen LogP contribution in [-0.4, -0.2) is 0 Å². The smallest absolute Gasteiger partial charge is 0.138 e. The summed E-state index contributed by atoms with van der Waals surface area (Å²) < 4.78 is 5.97. The summed E-state index contributed by atoms with van der Waals surface area (Å²) in [5.41, 5.74) is 5.39. The minimum absolute atomic E-state index is 0.754. The summed E-state index contributed by atoms with van der Waals surface area (Å²) in [4.78, 5) is 0. The lowest BCUT2D eigenvalue weighted by Crippen LogP contribution is -1.77. The van der Waals surface area contributed by atoms with Crippen LogP contribution in [0.15, 0.2) is 65.1 Å². The number of rotatable bonds is 1. The fourth-order valence-corrected chi connectivity index (χ4v) is 2.89. The summed E-state index contributed by atoms with van der Waals surface area (Å²) in [5.74, 6) is 0. The van der Waals surface area contributed by atoms with Crippen molar-refractivity contribution in [3.05, 3.63) is 71.2 Å². The molecule has 0 radical (unpaired) electrons. The molecule has 102 valence electrons. The van der Waals surface area contributed by atoms with Crippen molar-refractivity contribution in [3.63, 3.8) is 0 Å². The van der Waals surface area contributed by atoms with Gasteiger partial charge in [-0.3, -0.25) is 0 Å². The summed E-state index contributed by atoms with van der Waals surface area (Å²) in [5, 5.41) is 3.08. The minimum Gasteiger partial charge on any atom is -0.456 e. The predicted molar refractivity (Wildman–Crippen MR) is 88.9 cm³/mol. The normalized spacial score (nSPS) is 11.3. The first-order chi connectivity index (χ1) is 10.2. The molecule has 1 aromatic heterocycles. The van der Waals surface area contributed by atoms with E-state index in [-0.39, 0.29) is 0 Å². The Labute approximate surface area is 127 Å². The van der Waals surface area contributed by atoms with E-state index in [9.17, 15) is 0 Å². The van der Waals surface area contributed by atoms with Crippen molar-refractivity contribution in [2.75, 3.05) is 0 Å². The molecule has 0 saturated carbocycles. The Bertz CT molecular complexity index is 949. The molecule has 0 fully saturated rings. The van der Waals surface area contributed by atoms with Crippen LogP contribution in [0.2, 0.25) is 5.02 Å². The van der Waals surface area contributed by atoms with Crippen LogP contribution < -0.4 is 0 Å². The second-order valence-corrected chi connectivity index (χ2v) is 5.71. The van der Waals surface area contributed by atoms with Crippen LogP contribution in [0.5, 0.6) is 0 Å². The average molecular weight is 293 g/mol. The molecule has 0 aliphatic carbocycles. The van der Waals surface area contributed by atoms with Crippen molar-refractivity contribution < 1.29 is 4.42 Å². The summed E-state index contributed by atoms with van der Waals surface area (Å²) >= 11 is 5.96. The number of halogens is 1. The van der Waals surface area contributed by atoms with Gasteiger partial charge in [0.1, 0.15) is 11.2 Å². The first kappa shape index (κ1) is 12.5. The molecule has 4 rings (SSSR count). The van der Waals surface area contributed by atoms with Gasteiger partial charge in [-0.15, -0.1) is 0 Å². The van der Waals surface area contributed by atoms with E-state index in [1.807, 2.05) is 30.3 Å². The molecule has 0 aliphatic rings. The number of hydrogen-bond donors (Lipinski definition) is 0. The molecule has 1 nitrogen and oxygen atoms in total. The molecule has 0 aliphatic heterocycles. The largest absolute Gasteiger partial charge is 0.456 e. The maximum absolute atomic E-state index is 5.97. The number of aryl methyl sites for hydroxylation is 1. The zero-order valence-electron chi connectivity index (χ0n) is 11.6. The summed E-state index contributed by atoms with van der Waals surface area (Å²) in [6.07, 6.45) is 0. The number of fused-ring (bicyclic) bond motifs is 3. The first-order valence-electron chi connectivity index (χ1n) is 6.90. The van der Waals surface area contributed by atoms with Crippen LogP contribution in [0.25, 0.3) is 33.1 Å². The Hall–Kier alpha value is -2.25. The molecule has 0 atom stereocenters. The van der Waals surface area contributed by atoms with Gasteiger partial charge in [-0.25, -0.2) is 0 Å². The number of furan rings is 1. The van der Waals surface area contributed by atoms with Gasteiger partial charge < -0.3 is 4.42 Å². The van der Waals surface area contributed by atoms with E-state index in [2.05, 4.69) is 37.3 Å². The molecule has 2 heteroatoms. The van der Waals surface area contributed by atoms with Crippen molar-refractivity contribution in [2.24, 2.45) is 0 Å². The third-order valence-corrected chi connectivity index (χ3v) is 4.12. The number of benzene rings is 3. The molecule has 0 unspecified atom stereocenters. The van der Waals surface area contributed by atoms with Crippen LogP contribution in [0.3, 0.4) is 0 Å². The Morgan fingerprint density at radius 1 is 0.810 bits per heavy atom. The van der Waals surface area contributed by atoms with Crippen LogP contribution in [-0.2, 0) is 0 Å². The van der Waals surface area contributed by atoms with Gasteiger partial charge in [-0.2, -0.15) is 0 Å². The van der Waals surface area contributed by atoms with Crippen molar-refractivity contribution in [3.8, 4) is 11.1 Å². The van der Waals surface area contributed by atoms with E-state index >= 15 is 0 Å². The van der Waals surface area contributed by atoms with Gasteiger partial charge in [0.25, 0.3) is 0 Å². The second kappa shape index (κ2) is 4.64. The fourth-order valence-electron chi connectivity index (χ4n) is 2.76. The van der Waals surface area contributed by atoms with Gasteiger partial charge in [0, 0.05) is 15.8 Å². The van der Waals surface area contributed by atoms with E-state index in [4.69, 9.17) is 16.0 Å². The van der Waals surface area contributed by atoms with Crippen LogP contribution >= 0.6 is 11.6 Å². The SMILES string of the molecule is Cc1cccc2c1oc1ccc(-c3ccc(Cl)cc3)cc12. The maximum atomic E-state index is 5.97. The quantitative estimate of drug-likeness (QED) is 0.406. The Morgan fingerprint density at radius 3 is 2.38 bits per heavy atom. The standard InChI is InChI=1S/C19H13ClO/c1-12-3-2-4-16-17-11-14(7-10-18(17)21-19(12)16)13-5-8-15(20)9-6-13/h2-11H,1H3. The first-order valence-corrected chi connectivity index (χ1v) is 7.28. The molecular weight excluding hydrogens is 280 g/mol.